The molecule has 4 rings (SSSR count). The van der Waals surface area contributed by atoms with Crippen molar-refractivity contribution in [1.82, 2.24) is 4.98 Å². The molecule has 1 atom stereocenters. The van der Waals surface area contributed by atoms with E-state index in [4.69, 9.17) is 4.74 Å². The van der Waals surface area contributed by atoms with E-state index in [0.29, 0.717) is 6.61 Å². The fraction of sp³-hybridized carbons (Fsp3) is 0.333. The average Bonchev–Trinajstić information content (AvgIpc) is 3.27. The molecule has 28 heavy (non-hydrogen) atoms. The van der Waals surface area contributed by atoms with Crippen molar-refractivity contribution in [2.75, 3.05) is 0 Å². The molecule has 0 aliphatic heterocycles. The van der Waals surface area contributed by atoms with E-state index in [0.717, 1.165) is 53.6 Å². The summed E-state index contributed by atoms with van der Waals surface area (Å²) in [5, 5.41) is 11.0. The van der Waals surface area contributed by atoms with Crippen LogP contribution in [-0.4, -0.2) is 16.1 Å². The number of fused-ring (bicyclic) bond motifs is 1. The molecule has 3 aromatic rings. The van der Waals surface area contributed by atoms with Crippen LogP contribution in [0.1, 0.15) is 43.9 Å². The van der Waals surface area contributed by atoms with Gasteiger partial charge in [0, 0.05) is 5.39 Å². The van der Waals surface area contributed by atoms with Crippen LogP contribution in [0.5, 0.6) is 5.75 Å². The highest BCUT2D eigenvalue weighted by molar-refractivity contribution is 5.81. The second kappa shape index (κ2) is 7.63. The van der Waals surface area contributed by atoms with Gasteiger partial charge in [-0.2, -0.15) is 0 Å². The highest BCUT2D eigenvalue weighted by Crippen LogP contribution is 2.42. The maximum Gasteiger partial charge on any atom is 0.314 e. The molecule has 1 aliphatic carbocycles. The van der Waals surface area contributed by atoms with E-state index in [1.165, 1.54) is 0 Å². The lowest BCUT2D eigenvalue weighted by molar-refractivity contribution is -0.145. The highest BCUT2D eigenvalue weighted by atomic mass is 16.5. The zero-order valence-electron chi connectivity index (χ0n) is 16.1. The number of para-hydroxylation sites is 1. The molecule has 144 valence electrons. The van der Waals surface area contributed by atoms with Gasteiger partial charge in [-0.3, -0.25) is 4.79 Å². The number of carbonyl (C=O) groups is 1. The molecule has 4 heteroatoms. The number of ether oxygens (including phenoxy) is 1. The lowest BCUT2D eigenvalue weighted by Crippen LogP contribution is -2.39. The van der Waals surface area contributed by atoms with Crippen LogP contribution in [0.2, 0.25) is 0 Å². The first-order chi connectivity index (χ1) is 13.6. The third-order valence-corrected chi connectivity index (χ3v) is 6.11. The molecule has 1 aromatic heterocycles. The summed E-state index contributed by atoms with van der Waals surface area (Å²) < 4.78 is 5.88. The Morgan fingerprint density at radius 1 is 1.07 bits per heavy atom. The SMILES string of the molecule is CC(C(=O)O)(c1ccc(OCc2ccc3ccccc3n2)cc1)C1CCCC1. The third-order valence-electron chi connectivity index (χ3n) is 6.11. The molecule has 1 aliphatic rings. The number of aliphatic carboxylic acids is 1. The molecular formula is C24H25NO3. The Bertz CT molecular complexity index is 977. The van der Waals surface area contributed by atoms with Gasteiger partial charge in [-0.25, -0.2) is 4.98 Å². The Labute approximate surface area is 165 Å². The van der Waals surface area contributed by atoms with Gasteiger partial charge in [0.15, 0.2) is 0 Å². The molecule has 0 radical (unpaired) electrons. The van der Waals surface area contributed by atoms with Gasteiger partial charge >= 0.3 is 5.97 Å². The van der Waals surface area contributed by atoms with Gasteiger partial charge in [0.25, 0.3) is 0 Å². The summed E-state index contributed by atoms with van der Waals surface area (Å²) in [5.74, 6) is 0.171. The molecule has 0 spiro atoms. The van der Waals surface area contributed by atoms with Crippen molar-refractivity contribution in [2.45, 2.75) is 44.6 Å². The Hall–Kier alpha value is -2.88. The summed E-state index contributed by atoms with van der Waals surface area (Å²) >= 11 is 0. The number of hydrogen-bond acceptors (Lipinski definition) is 3. The number of hydrogen-bond donors (Lipinski definition) is 1. The van der Waals surface area contributed by atoms with Crippen LogP contribution in [0.25, 0.3) is 10.9 Å². The van der Waals surface area contributed by atoms with Gasteiger partial charge in [-0.05, 0) is 55.5 Å². The smallest absolute Gasteiger partial charge is 0.314 e. The van der Waals surface area contributed by atoms with Gasteiger partial charge in [0.05, 0.1) is 16.6 Å². The van der Waals surface area contributed by atoms with Crippen molar-refractivity contribution in [3.63, 3.8) is 0 Å². The lowest BCUT2D eigenvalue weighted by Gasteiger charge is -2.32. The van der Waals surface area contributed by atoms with Crippen LogP contribution >= 0.6 is 0 Å². The zero-order valence-corrected chi connectivity index (χ0v) is 16.1. The zero-order chi connectivity index (χ0) is 19.6. The van der Waals surface area contributed by atoms with Crippen LogP contribution in [0, 0.1) is 5.92 Å². The molecular weight excluding hydrogens is 350 g/mol. The van der Waals surface area contributed by atoms with E-state index in [9.17, 15) is 9.90 Å². The maximum absolute atomic E-state index is 12.1. The standard InChI is InChI=1S/C24H25NO3/c1-24(23(26)27,18-7-3-4-8-18)19-11-14-21(15-12-19)28-16-20-13-10-17-6-2-5-9-22(17)25-20/h2,5-6,9-15,18H,3-4,7-8,16H2,1H3,(H,26,27). The number of aromatic nitrogens is 1. The predicted octanol–water partition coefficient (Wildman–Crippen LogP) is 5.35. The van der Waals surface area contributed by atoms with Gasteiger partial charge < -0.3 is 9.84 Å². The van der Waals surface area contributed by atoms with Gasteiger partial charge in [0.2, 0.25) is 0 Å². The molecule has 0 saturated heterocycles. The quantitative estimate of drug-likeness (QED) is 0.631. The highest BCUT2D eigenvalue weighted by Gasteiger charge is 2.43. The Balaban J connectivity index is 1.48. The van der Waals surface area contributed by atoms with Crippen molar-refractivity contribution < 1.29 is 14.6 Å². The van der Waals surface area contributed by atoms with Crippen molar-refractivity contribution >= 4 is 16.9 Å². The summed E-state index contributed by atoms with van der Waals surface area (Å²) in [4.78, 5) is 16.7. The number of carboxylic acid groups (broad SMARTS) is 1. The van der Waals surface area contributed by atoms with Crippen LogP contribution in [0.3, 0.4) is 0 Å². The van der Waals surface area contributed by atoms with Crippen LogP contribution < -0.4 is 4.74 Å². The van der Waals surface area contributed by atoms with E-state index < -0.39 is 11.4 Å². The van der Waals surface area contributed by atoms with E-state index in [1.54, 1.807) is 0 Å². The third kappa shape index (κ3) is 3.47. The average molecular weight is 375 g/mol. The number of carboxylic acids is 1. The largest absolute Gasteiger partial charge is 0.487 e. The van der Waals surface area contributed by atoms with E-state index in [1.807, 2.05) is 67.6 Å². The van der Waals surface area contributed by atoms with Crippen molar-refractivity contribution in [3.8, 4) is 5.75 Å². The van der Waals surface area contributed by atoms with Crippen LogP contribution in [0.15, 0.2) is 60.7 Å². The van der Waals surface area contributed by atoms with Crippen molar-refractivity contribution in [2.24, 2.45) is 5.92 Å². The molecule has 1 heterocycles. The minimum atomic E-state index is -0.838. The monoisotopic (exact) mass is 375 g/mol. The Kier molecular flexibility index (Phi) is 5.03. The van der Waals surface area contributed by atoms with E-state index >= 15 is 0 Å². The summed E-state index contributed by atoms with van der Waals surface area (Å²) in [7, 11) is 0. The second-order valence-corrected chi connectivity index (χ2v) is 7.80. The minimum absolute atomic E-state index is 0.193. The Morgan fingerprint density at radius 2 is 1.79 bits per heavy atom. The molecule has 2 aromatic carbocycles. The van der Waals surface area contributed by atoms with Gasteiger partial charge in [-0.1, -0.05) is 49.2 Å². The van der Waals surface area contributed by atoms with E-state index in [-0.39, 0.29) is 5.92 Å². The molecule has 1 N–H and O–H groups in total. The number of nitrogens with zero attached hydrogens (tertiary/aromatic N) is 1. The first-order valence-corrected chi connectivity index (χ1v) is 9.89. The molecule has 1 fully saturated rings. The predicted molar refractivity (Wildman–Crippen MR) is 109 cm³/mol. The van der Waals surface area contributed by atoms with Crippen molar-refractivity contribution in [1.29, 1.82) is 0 Å². The van der Waals surface area contributed by atoms with Gasteiger partial charge in [0.1, 0.15) is 12.4 Å². The maximum atomic E-state index is 12.1. The fourth-order valence-corrected chi connectivity index (χ4v) is 4.28. The molecule has 0 amide bonds. The molecule has 1 saturated carbocycles. The second-order valence-electron chi connectivity index (χ2n) is 7.80. The van der Waals surface area contributed by atoms with Crippen LogP contribution in [-0.2, 0) is 16.8 Å². The number of pyridine rings is 1. The number of benzene rings is 2. The summed E-state index contributed by atoms with van der Waals surface area (Å²) in [6, 6.07) is 19.5. The van der Waals surface area contributed by atoms with Crippen molar-refractivity contribution in [3.05, 3.63) is 71.9 Å². The number of rotatable bonds is 6. The molecule has 4 nitrogen and oxygen atoms in total. The Morgan fingerprint density at radius 3 is 2.50 bits per heavy atom. The van der Waals surface area contributed by atoms with Gasteiger partial charge in [-0.15, -0.1) is 0 Å². The minimum Gasteiger partial charge on any atom is -0.487 e. The first kappa shape index (κ1) is 18.5. The fourth-order valence-electron chi connectivity index (χ4n) is 4.28. The molecule has 0 bridgehead atoms. The normalized spacial score (nSPS) is 16.8. The molecule has 1 unspecified atom stereocenters. The topological polar surface area (TPSA) is 59.4 Å². The summed E-state index contributed by atoms with van der Waals surface area (Å²) in [6.45, 7) is 2.24. The summed E-state index contributed by atoms with van der Waals surface area (Å²) in [5.41, 5.74) is 1.83. The first-order valence-electron chi connectivity index (χ1n) is 9.89. The summed E-state index contributed by atoms with van der Waals surface area (Å²) in [6.07, 6.45) is 4.20. The van der Waals surface area contributed by atoms with Crippen LogP contribution in [0.4, 0.5) is 0 Å². The lowest BCUT2D eigenvalue weighted by atomic mass is 9.71. The van der Waals surface area contributed by atoms with E-state index in [2.05, 4.69) is 4.98 Å².